The highest BCUT2D eigenvalue weighted by Crippen LogP contribution is 2.24. The average Bonchev–Trinajstić information content (AvgIpc) is 3.38. The zero-order valence-electron chi connectivity index (χ0n) is 17.6. The molecule has 4 rings (SSSR count). The molecule has 9 heteroatoms. The van der Waals surface area contributed by atoms with Gasteiger partial charge in [0.15, 0.2) is 6.61 Å². The molecule has 0 atom stereocenters. The van der Waals surface area contributed by atoms with Crippen LogP contribution in [0.2, 0.25) is 0 Å². The van der Waals surface area contributed by atoms with Crippen molar-refractivity contribution in [2.75, 3.05) is 6.61 Å². The van der Waals surface area contributed by atoms with E-state index >= 15 is 0 Å². The monoisotopic (exact) mass is 437 g/mol. The maximum atomic E-state index is 13.3. The van der Waals surface area contributed by atoms with Gasteiger partial charge < -0.3 is 9.64 Å². The lowest BCUT2D eigenvalue weighted by atomic mass is 9.93. The molecule has 3 aromatic rings. The van der Waals surface area contributed by atoms with Crippen molar-refractivity contribution in [1.82, 2.24) is 25.1 Å². The van der Waals surface area contributed by atoms with Gasteiger partial charge in [0.2, 0.25) is 0 Å². The van der Waals surface area contributed by atoms with Gasteiger partial charge in [0, 0.05) is 12.6 Å². The maximum Gasteiger partial charge on any atom is 0.338 e. The summed E-state index contributed by atoms with van der Waals surface area (Å²) in [4.78, 5) is 27.2. The molecular formula is C23H24FN5O3. The van der Waals surface area contributed by atoms with E-state index in [0.717, 1.165) is 37.7 Å². The van der Waals surface area contributed by atoms with Gasteiger partial charge in [-0.15, -0.1) is 5.10 Å². The smallest absolute Gasteiger partial charge is 0.338 e. The Labute approximate surface area is 185 Å². The van der Waals surface area contributed by atoms with E-state index in [1.54, 1.807) is 41.3 Å². The number of hydrogen-bond donors (Lipinski definition) is 0. The van der Waals surface area contributed by atoms with Crippen molar-refractivity contribution < 1.29 is 18.7 Å². The molecule has 1 aliphatic carbocycles. The van der Waals surface area contributed by atoms with Crippen LogP contribution in [0.5, 0.6) is 0 Å². The largest absolute Gasteiger partial charge is 0.452 e. The number of nitrogens with zero attached hydrogens (tertiary/aromatic N) is 5. The van der Waals surface area contributed by atoms with Gasteiger partial charge in [-0.3, -0.25) is 4.79 Å². The molecule has 1 fully saturated rings. The Morgan fingerprint density at radius 2 is 1.75 bits per heavy atom. The number of aromatic nitrogens is 4. The van der Waals surface area contributed by atoms with Crippen LogP contribution in [0.4, 0.5) is 4.39 Å². The van der Waals surface area contributed by atoms with E-state index in [0.29, 0.717) is 17.8 Å². The molecule has 32 heavy (non-hydrogen) atoms. The average molecular weight is 437 g/mol. The molecule has 0 N–H and O–H groups in total. The highest BCUT2D eigenvalue weighted by atomic mass is 19.1. The van der Waals surface area contributed by atoms with Crippen LogP contribution in [0.1, 0.15) is 48.0 Å². The van der Waals surface area contributed by atoms with Crippen LogP contribution in [0.25, 0.3) is 5.69 Å². The highest BCUT2D eigenvalue weighted by molar-refractivity contribution is 5.91. The van der Waals surface area contributed by atoms with Crippen LogP contribution in [-0.4, -0.2) is 49.6 Å². The van der Waals surface area contributed by atoms with E-state index < -0.39 is 5.97 Å². The van der Waals surface area contributed by atoms with Crippen LogP contribution < -0.4 is 0 Å². The molecule has 0 saturated heterocycles. The molecule has 166 valence electrons. The molecular weight excluding hydrogens is 413 g/mol. The van der Waals surface area contributed by atoms with Crippen LogP contribution in [0.3, 0.4) is 0 Å². The third-order valence-corrected chi connectivity index (χ3v) is 5.65. The second kappa shape index (κ2) is 10.1. The Kier molecular flexibility index (Phi) is 6.84. The SMILES string of the molecule is O=C(OCC(=O)N(Cc1ccc(F)cc1)C1CCCCC1)c1ccc(-n2cnnn2)cc1. The number of ether oxygens (including phenoxy) is 1. The van der Waals surface area contributed by atoms with E-state index in [2.05, 4.69) is 15.5 Å². The van der Waals surface area contributed by atoms with Gasteiger partial charge in [-0.05, 0) is 65.2 Å². The topological polar surface area (TPSA) is 90.2 Å². The Morgan fingerprint density at radius 1 is 1.03 bits per heavy atom. The minimum absolute atomic E-state index is 0.0931. The number of carbonyl (C=O) groups is 2. The fourth-order valence-corrected chi connectivity index (χ4v) is 3.92. The molecule has 1 saturated carbocycles. The number of carbonyl (C=O) groups excluding carboxylic acids is 2. The number of halogens is 1. The third kappa shape index (κ3) is 5.35. The predicted molar refractivity (Wildman–Crippen MR) is 113 cm³/mol. The summed E-state index contributed by atoms with van der Waals surface area (Å²) >= 11 is 0. The number of tetrazole rings is 1. The fraction of sp³-hybridized carbons (Fsp3) is 0.348. The molecule has 0 spiro atoms. The van der Waals surface area contributed by atoms with Crippen molar-refractivity contribution in [3.05, 3.63) is 71.8 Å². The third-order valence-electron chi connectivity index (χ3n) is 5.65. The number of benzene rings is 2. The zero-order valence-corrected chi connectivity index (χ0v) is 17.6. The Hall–Kier alpha value is -3.62. The number of esters is 1. The van der Waals surface area contributed by atoms with Crippen LogP contribution in [-0.2, 0) is 16.1 Å². The van der Waals surface area contributed by atoms with Crippen molar-refractivity contribution in [3.63, 3.8) is 0 Å². The van der Waals surface area contributed by atoms with Gasteiger partial charge in [0.05, 0.1) is 11.3 Å². The highest BCUT2D eigenvalue weighted by Gasteiger charge is 2.26. The van der Waals surface area contributed by atoms with E-state index in [-0.39, 0.29) is 24.4 Å². The summed E-state index contributed by atoms with van der Waals surface area (Å²) in [6, 6.07) is 12.8. The van der Waals surface area contributed by atoms with E-state index in [1.165, 1.54) is 23.1 Å². The number of amides is 1. The van der Waals surface area contributed by atoms with Gasteiger partial charge in [-0.25, -0.2) is 13.9 Å². The predicted octanol–water partition coefficient (Wildman–Crippen LogP) is 3.32. The molecule has 1 aliphatic rings. The van der Waals surface area contributed by atoms with Gasteiger partial charge in [0.1, 0.15) is 12.1 Å². The van der Waals surface area contributed by atoms with Gasteiger partial charge in [-0.1, -0.05) is 31.4 Å². The summed E-state index contributed by atoms with van der Waals surface area (Å²) < 4.78 is 20.0. The number of rotatable bonds is 7. The van der Waals surface area contributed by atoms with Gasteiger partial charge >= 0.3 is 5.97 Å². The molecule has 2 aromatic carbocycles. The van der Waals surface area contributed by atoms with Crippen molar-refractivity contribution in [3.8, 4) is 5.69 Å². The molecule has 0 aliphatic heterocycles. The Morgan fingerprint density at radius 3 is 2.41 bits per heavy atom. The zero-order chi connectivity index (χ0) is 22.3. The van der Waals surface area contributed by atoms with Crippen molar-refractivity contribution >= 4 is 11.9 Å². The lowest BCUT2D eigenvalue weighted by Gasteiger charge is -2.34. The first-order valence-electron chi connectivity index (χ1n) is 10.6. The van der Waals surface area contributed by atoms with Crippen molar-refractivity contribution in [2.45, 2.75) is 44.7 Å². The molecule has 8 nitrogen and oxygen atoms in total. The van der Waals surface area contributed by atoms with E-state index in [1.807, 2.05) is 0 Å². The van der Waals surface area contributed by atoms with Gasteiger partial charge in [0.25, 0.3) is 5.91 Å². The quantitative estimate of drug-likeness (QED) is 0.527. The first-order chi connectivity index (χ1) is 15.6. The fourth-order valence-electron chi connectivity index (χ4n) is 3.92. The van der Waals surface area contributed by atoms with Crippen LogP contribution in [0.15, 0.2) is 54.9 Å². The summed E-state index contributed by atoms with van der Waals surface area (Å²) in [7, 11) is 0. The Balaban J connectivity index is 1.39. The van der Waals surface area contributed by atoms with E-state index in [9.17, 15) is 14.0 Å². The molecule has 1 heterocycles. The Bertz CT molecular complexity index is 1030. The van der Waals surface area contributed by atoms with Gasteiger partial charge in [-0.2, -0.15) is 0 Å². The first-order valence-corrected chi connectivity index (χ1v) is 10.6. The van der Waals surface area contributed by atoms with Crippen LogP contribution >= 0.6 is 0 Å². The normalized spacial score (nSPS) is 14.2. The summed E-state index contributed by atoms with van der Waals surface area (Å²) in [5.74, 6) is -1.14. The summed E-state index contributed by atoms with van der Waals surface area (Å²) in [6.07, 6.45) is 6.56. The lowest BCUT2D eigenvalue weighted by molar-refractivity contribution is -0.138. The molecule has 0 bridgehead atoms. The lowest BCUT2D eigenvalue weighted by Crippen LogP contribution is -2.43. The van der Waals surface area contributed by atoms with Crippen molar-refractivity contribution in [2.24, 2.45) is 0 Å². The summed E-state index contributed by atoms with van der Waals surface area (Å²) in [5.41, 5.74) is 1.87. The second-order valence-electron chi connectivity index (χ2n) is 7.82. The standard InChI is InChI=1S/C23H24FN5O3/c24-19-10-6-17(7-11-19)14-28(20-4-2-1-3-5-20)22(30)15-32-23(31)18-8-12-21(13-9-18)29-16-25-26-27-29/h6-13,16,20H,1-5,14-15H2. The second-order valence-corrected chi connectivity index (χ2v) is 7.82. The molecule has 0 unspecified atom stereocenters. The van der Waals surface area contributed by atoms with Crippen molar-refractivity contribution in [1.29, 1.82) is 0 Å². The summed E-state index contributed by atoms with van der Waals surface area (Å²) in [6.45, 7) is 0.0211. The van der Waals surface area contributed by atoms with Crippen LogP contribution in [0, 0.1) is 5.82 Å². The molecule has 1 amide bonds. The minimum atomic E-state index is -0.577. The summed E-state index contributed by atoms with van der Waals surface area (Å²) in [5, 5.41) is 10.9. The number of hydrogen-bond acceptors (Lipinski definition) is 6. The minimum Gasteiger partial charge on any atom is -0.452 e. The maximum absolute atomic E-state index is 13.3. The molecule has 0 radical (unpaired) electrons. The molecule has 1 aromatic heterocycles. The van der Waals surface area contributed by atoms with E-state index in [4.69, 9.17) is 4.74 Å². The first kappa shape index (κ1) is 21.6.